The molecule has 0 aromatic carbocycles. The maximum atomic E-state index is 13.9. The van der Waals surface area contributed by atoms with Gasteiger partial charge in [0.25, 0.3) is 0 Å². The van der Waals surface area contributed by atoms with Crippen LogP contribution in [0.1, 0.15) is 85.9 Å². The van der Waals surface area contributed by atoms with Crippen LogP contribution in [-0.4, -0.2) is 45.9 Å². The Labute approximate surface area is 225 Å². The van der Waals surface area contributed by atoms with Gasteiger partial charge < -0.3 is 10.4 Å². The van der Waals surface area contributed by atoms with Gasteiger partial charge in [-0.25, -0.2) is 22.9 Å². The summed E-state index contributed by atoms with van der Waals surface area (Å²) < 4.78 is 34.6. The molecule has 3 N–H and O–H groups in total. The molecule has 3 unspecified atom stereocenters. The van der Waals surface area contributed by atoms with E-state index < -0.39 is 18.2 Å². The third kappa shape index (κ3) is 5.35. The zero-order valence-corrected chi connectivity index (χ0v) is 22.1. The van der Waals surface area contributed by atoms with E-state index in [0.717, 1.165) is 25.0 Å². The molecule has 1 saturated heterocycles. The van der Waals surface area contributed by atoms with Gasteiger partial charge in [-0.15, -0.1) is 0 Å². The van der Waals surface area contributed by atoms with E-state index in [1.165, 1.54) is 0 Å². The highest BCUT2D eigenvalue weighted by Crippen LogP contribution is 2.44. The van der Waals surface area contributed by atoms with Gasteiger partial charge in [0.2, 0.25) is 11.8 Å². The lowest BCUT2D eigenvalue weighted by Crippen LogP contribution is -2.36. The number of imidazole rings is 1. The van der Waals surface area contributed by atoms with Gasteiger partial charge in [0.15, 0.2) is 17.6 Å². The van der Waals surface area contributed by atoms with Gasteiger partial charge in [0, 0.05) is 31.1 Å². The molecule has 0 spiro atoms. The minimum Gasteiger partial charge on any atom is -0.372 e. The van der Waals surface area contributed by atoms with Gasteiger partial charge >= 0.3 is 0 Å². The number of nitrogens with zero attached hydrogens (tertiary/aromatic N) is 5. The number of aliphatic hydroxyl groups is 1. The number of fused-ring (bicyclic) bond motifs is 1. The molecule has 3 fully saturated rings. The van der Waals surface area contributed by atoms with E-state index in [0.29, 0.717) is 42.0 Å². The minimum absolute atomic E-state index is 0.0351. The first-order chi connectivity index (χ1) is 17.8. The molecular formula is C24H28F2IN7O3. The fraction of sp³-hybridized carbons (Fsp3) is 0.625. The molecule has 3 aromatic heterocycles. The van der Waals surface area contributed by atoms with Crippen LogP contribution in [0.3, 0.4) is 0 Å². The van der Waals surface area contributed by atoms with Crippen molar-refractivity contribution in [3.8, 4) is 0 Å². The van der Waals surface area contributed by atoms with E-state index in [1.807, 2.05) is 12.1 Å². The fourth-order valence-corrected chi connectivity index (χ4v) is 6.38. The number of aliphatic hydroxyl groups excluding tert-OH is 1. The molecule has 0 bridgehead atoms. The van der Waals surface area contributed by atoms with Gasteiger partial charge in [-0.05, 0) is 50.2 Å². The van der Waals surface area contributed by atoms with E-state index in [1.54, 1.807) is 10.7 Å². The van der Waals surface area contributed by atoms with Crippen molar-refractivity contribution in [2.45, 2.75) is 79.5 Å². The number of nitrogens with one attached hydrogen (secondary N) is 2. The monoisotopic (exact) mass is 627 g/mol. The molecular weight excluding hydrogens is 599 g/mol. The largest absolute Gasteiger partial charge is 0.372 e. The minimum atomic E-state index is -2.67. The molecule has 3 aromatic rings. The normalized spacial score (nSPS) is 25.9. The van der Waals surface area contributed by atoms with Crippen molar-refractivity contribution in [3.63, 3.8) is 0 Å². The molecule has 4 atom stereocenters. The molecule has 10 nitrogen and oxygen atoms in total. The van der Waals surface area contributed by atoms with Crippen molar-refractivity contribution in [2.24, 2.45) is 11.8 Å². The van der Waals surface area contributed by atoms with Crippen molar-refractivity contribution < 1.29 is 23.3 Å². The summed E-state index contributed by atoms with van der Waals surface area (Å²) in [7, 11) is 0. The van der Waals surface area contributed by atoms with Crippen molar-refractivity contribution in [1.29, 1.82) is 0 Å². The second kappa shape index (κ2) is 9.80. The number of alkyl halides is 3. The first-order valence-corrected chi connectivity index (χ1v) is 13.9. The Bertz CT molecular complexity index is 1290. The first-order valence-electron chi connectivity index (χ1n) is 12.7. The van der Waals surface area contributed by atoms with E-state index in [2.05, 4.69) is 48.6 Å². The molecule has 1 amide bonds. The summed E-state index contributed by atoms with van der Waals surface area (Å²) in [6, 6.07) is 3.21. The van der Waals surface area contributed by atoms with Gasteiger partial charge in [-0.1, -0.05) is 32.9 Å². The molecule has 0 radical (unpaired) electrons. The van der Waals surface area contributed by atoms with Crippen LogP contribution in [0.2, 0.25) is 0 Å². The van der Waals surface area contributed by atoms with Gasteiger partial charge in [0.1, 0.15) is 5.69 Å². The number of halogens is 3. The highest BCUT2D eigenvalue weighted by Gasteiger charge is 2.40. The van der Waals surface area contributed by atoms with E-state index in [-0.39, 0.29) is 40.6 Å². The maximum absolute atomic E-state index is 13.9. The number of carbonyl (C=O) groups excluding carboxylic acids is 1. The summed E-state index contributed by atoms with van der Waals surface area (Å²) in [6.45, 7) is 0. The zero-order chi connectivity index (χ0) is 25.7. The van der Waals surface area contributed by atoms with Crippen LogP contribution in [0.25, 0.3) is 5.65 Å². The Morgan fingerprint density at radius 1 is 1.24 bits per heavy atom. The number of aromatic nitrogens is 5. The first kappa shape index (κ1) is 25.0. The third-order valence-corrected chi connectivity index (χ3v) is 8.48. The Kier molecular flexibility index (Phi) is 6.63. The van der Waals surface area contributed by atoms with Crippen molar-refractivity contribution in [3.05, 3.63) is 41.1 Å². The van der Waals surface area contributed by atoms with E-state index in [9.17, 15) is 18.7 Å². The van der Waals surface area contributed by atoms with Crippen LogP contribution in [0.4, 0.5) is 8.78 Å². The van der Waals surface area contributed by atoms with Crippen LogP contribution < -0.4 is 10.6 Å². The van der Waals surface area contributed by atoms with Gasteiger partial charge in [-0.2, -0.15) is 5.10 Å². The quantitative estimate of drug-likeness (QED) is 0.150. The molecule has 3 aliphatic rings. The summed E-state index contributed by atoms with van der Waals surface area (Å²) in [4.78, 5) is 16.9. The van der Waals surface area contributed by atoms with Gasteiger partial charge in [0.05, 0.1) is 27.7 Å². The van der Waals surface area contributed by atoms with Crippen molar-refractivity contribution in [1.82, 2.24) is 35.5 Å². The van der Waals surface area contributed by atoms with Crippen LogP contribution in [0, 0.1) is 11.8 Å². The Morgan fingerprint density at radius 3 is 2.73 bits per heavy atom. The lowest BCUT2D eigenvalue weighted by atomic mass is 9.81. The number of hydrogen-bond acceptors (Lipinski definition) is 8. The Balaban J connectivity index is 1.26. The number of carbonyl (C=O) groups is 1. The predicted octanol–water partition coefficient (Wildman–Crippen LogP) is 3.58. The Morgan fingerprint density at radius 2 is 2.03 bits per heavy atom. The maximum Gasteiger partial charge on any atom is 0.248 e. The zero-order valence-electron chi connectivity index (χ0n) is 20.0. The van der Waals surface area contributed by atoms with Gasteiger partial charge in [-0.3, -0.25) is 10.1 Å². The standard InChI is InChI=1S/C24H28F2IN7O3/c25-24(26)7-5-13(6-8-24)19(30-23(36)21-20(12-1-2-12)32-37-33-21)16-11-34-18(28-16)4-3-15(31-34)9-14-10-17(27)29-22(14)35/h3-4,11-14,17,19,23,30,36H,1-2,5-10H2,(H,29,35)/t14?,17?,19-,23?/m0/s1. The molecule has 1 aliphatic heterocycles. The topological polar surface area (TPSA) is 130 Å². The lowest BCUT2D eigenvalue weighted by Gasteiger charge is -2.34. The SMILES string of the molecule is O=C1NC(I)CC1Cc1ccc2nc([C@@H](NC(O)c3nonc3C3CC3)C3CCC(F)(F)CC3)cn2n1. The van der Waals surface area contributed by atoms with Crippen LogP contribution >= 0.6 is 22.6 Å². The van der Waals surface area contributed by atoms with Crippen molar-refractivity contribution >= 4 is 34.1 Å². The molecule has 37 heavy (non-hydrogen) atoms. The second-order valence-corrected chi connectivity index (χ2v) is 12.0. The molecule has 198 valence electrons. The molecule has 4 heterocycles. The lowest BCUT2D eigenvalue weighted by molar-refractivity contribution is -0.122. The summed E-state index contributed by atoms with van der Waals surface area (Å²) in [6.07, 6.45) is 3.99. The number of rotatable bonds is 8. The summed E-state index contributed by atoms with van der Waals surface area (Å²) in [5.41, 5.74) is 2.95. The average molecular weight is 627 g/mol. The third-order valence-electron chi connectivity index (χ3n) is 7.66. The molecule has 13 heteroatoms. The summed E-state index contributed by atoms with van der Waals surface area (Å²) in [5, 5.41) is 29.7. The average Bonchev–Trinajstić information content (AvgIpc) is 3.28. The molecule has 2 saturated carbocycles. The second-order valence-electron chi connectivity index (χ2n) is 10.5. The Hall–Kier alpha value is -2.26. The summed E-state index contributed by atoms with van der Waals surface area (Å²) >= 11 is 2.22. The number of hydrogen-bond donors (Lipinski definition) is 3. The van der Waals surface area contributed by atoms with Crippen LogP contribution in [0.5, 0.6) is 0 Å². The highest BCUT2D eigenvalue weighted by molar-refractivity contribution is 14.1. The number of amides is 1. The van der Waals surface area contributed by atoms with Crippen molar-refractivity contribution in [2.75, 3.05) is 0 Å². The fourth-order valence-electron chi connectivity index (χ4n) is 5.46. The smallest absolute Gasteiger partial charge is 0.248 e. The van der Waals surface area contributed by atoms with E-state index >= 15 is 0 Å². The van der Waals surface area contributed by atoms with Crippen LogP contribution in [-0.2, 0) is 11.2 Å². The molecule has 6 rings (SSSR count). The van der Waals surface area contributed by atoms with E-state index in [4.69, 9.17) is 9.61 Å². The highest BCUT2D eigenvalue weighted by atomic mass is 127. The van der Waals surface area contributed by atoms with Crippen LogP contribution in [0.15, 0.2) is 23.0 Å². The summed E-state index contributed by atoms with van der Waals surface area (Å²) in [5.74, 6) is -2.70. The molecule has 2 aliphatic carbocycles. The predicted molar refractivity (Wildman–Crippen MR) is 135 cm³/mol.